The summed E-state index contributed by atoms with van der Waals surface area (Å²) in [6.45, 7) is 6.17. The number of benzene rings is 1. The zero-order chi connectivity index (χ0) is 21.3. The predicted octanol–water partition coefficient (Wildman–Crippen LogP) is 3.18. The molecule has 0 bridgehead atoms. The molecular weight excluding hydrogens is 383 g/mol. The van der Waals surface area contributed by atoms with Gasteiger partial charge in [-0.1, -0.05) is 19.1 Å². The molecule has 2 aromatic rings. The van der Waals surface area contributed by atoms with Crippen molar-refractivity contribution in [3.8, 4) is 0 Å². The topological polar surface area (TPSA) is 66.4 Å². The van der Waals surface area contributed by atoms with Crippen molar-refractivity contribution in [1.82, 2.24) is 19.8 Å². The Morgan fingerprint density at radius 3 is 2.53 bits per heavy atom. The number of rotatable bonds is 3. The van der Waals surface area contributed by atoms with E-state index in [1.807, 2.05) is 24.8 Å². The van der Waals surface area contributed by atoms with Crippen LogP contribution in [0.1, 0.15) is 54.0 Å². The highest BCUT2D eigenvalue weighted by Gasteiger charge is 2.43. The normalized spacial score (nSPS) is 21.0. The molecule has 2 aliphatic heterocycles. The standard InChI is InChI=1S/C23H27FN4O2/c1-16-7-11-25-20(26-16)17-8-12-28(15-17)22(30)23(2)9-13-27(14-10-23)21(29)18-5-3-4-6-19(18)24/h3-7,11,17H,8-10,12-15H2,1-2H3/t17-/m1/s1. The van der Waals surface area contributed by atoms with Gasteiger partial charge >= 0.3 is 0 Å². The van der Waals surface area contributed by atoms with E-state index < -0.39 is 11.2 Å². The summed E-state index contributed by atoms with van der Waals surface area (Å²) >= 11 is 0. The molecule has 0 N–H and O–H groups in total. The van der Waals surface area contributed by atoms with Gasteiger partial charge in [0.25, 0.3) is 5.91 Å². The second-order valence-electron chi connectivity index (χ2n) is 8.63. The third kappa shape index (κ3) is 3.93. The van der Waals surface area contributed by atoms with E-state index in [1.165, 1.54) is 12.1 Å². The first-order valence-electron chi connectivity index (χ1n) is 10.5. The van der Waals surface area contributed by atoms with Crippen molar-refractivity contribution >= 4 is 11.8 Å². The molecule has 6 nitrogen and oxygen atoms in total. The van der Waals surface area contributed by atoms with E-state index in [0.717, 1.165) is 17.9 Å². The second kappa shape index (κ2) is 8.13. The summed E-state index contributed by atoms with van der Waals surface area (Å²) in [4.78, 5) is 38.4. The van der Waals surface area contributed by atoms with Gasteiger partial charge in [-0.05, 0) is 44.4 Å². The highest BCUT2D eigenvalue weighted by Crippen LogP contribution is 2.36. The average molecular weight is 410 g/mol. The van der Waals surface area contributed by atoms with Gasteiger partial charge in [-0.2, -0.15) is 0 Å². The van der Waals surface area contributed by atoms with Crippen LogP contribution in [-0.2, 0) is 4.79 Å². The summed E-state index contributed by atoms with van der Waals surface area (Å²) in [5, 5.41) is 0. The van der Waals surface area contributed by atoms with E-state index in [9.17, 15) is 14.0 Å². The van der Waals surface area contributed by atoms with E-state index in [1.54, 1.807) is 23.2 Å². The lowest BCUT2D eigenvalue weighted by atomic mass is 9.79. The van der Waals surface area contributed by atoms with E-state index in [4.69, 9.17) is 0 Å². The van der Waals surface area contributed by atoms with Crippen LogP contribution < -0.4 is 0 Å². The highest BCUT2D eigenvalue weighted by atomic mass is 19.1. The Balaban J connectivity index is 1.38. The van der Waals surface area contributed by atoms with Gasteiger partial charge in [0.05, 0.1) is 5.56 Å². The van der Waals surface area contributed by atoms with Gasteiger partial charge in [0.1, 0.15) is 11.6 Å². The van der Waals surface area contributed by atoms with Crippen molar-refractivity contribution in [1.29, 1.82) is 0 Å². The lowest BCUT2D eigenvalue weighted by Gasteiger charge is -2.40. The van der Waals surface area contributed by atoms with Crippen LogP contribution in [0.15, 0.2) is 36.5 Å². The number of hydrogen-bond donors (Lipinski definition) is 0. The fourth-order valence-corrected chi connectivity index (χ4v) is 4.42. The van der Waals surface area contributed by atoms with Gasteiger partial charge in [-0.25, -0.2) is 14.4 Å². The zero-order valence-electron chi connectivity index (χ0n) is 17.5. The number of halogens is 1. The monoisotopic (exact) mass is 410 g/mol. The number of carbonyl (C=O) groups excluding carboxylic acids is 2. The third-order valence-corrected chi connectivity index (χ3v) is 6.43. The largest absolute Gasteiger partial charge is 0.341 e. The Bertz CT molecular complexity index is 956. The van der Waals surface area contributed by atoms with Gasteiger partial charge in [0, 0.05) is 49.4 Å². The van der Waals surface area contributed by atoms with Crippen molar-refractivity contribution in [3.05, 3.63) is 59.4 Å². The van der Waals surface area contributed by atoms with Gasteiger partial charge in [-0.3, -0.25) is 9.59 Å². The van der Waals surface area contributed by atoms with Crippen LogP contribution in [0.5, 0.6) is 0 Å². The van der Waals surface area contributed by atoms with E-state index in [0.29, 0.717) is 39.0 Å². The maximum absolute atomic E-state index is 14.0. The van der Waals surface area contributed by atoms with Crippen LogP contribution in [0.25, 0.3) is 0 Å². The average Bonchev–Trinajstić information content (AvgIpc) is 3.24. The number of aryl methyl sites for hydroxylation is 1. The molecular formula is C23H27FN4O2. The number of aromatic nitrogens is 2. The number of carbonyl (C=O) groups is 2. The molecule has 2 saturated heterocycles. The van der Waals surface area contributed by atoms with Crippen molar-refractivity contribution < 1.29 is 14.0 Å². The molecule has 7 heteroatoms. The fourth-order valence-electron chi connectivity index (χ4n) is 4.42. The SMILES string of the molecule is Cc1ccnc([C@@H]2CCN(C(=O)C3(C)CCN(C(=O)c4ccccc4F)CC3)C2)n1. The number of amides is 2. The summed E-state index contributed by atoms with van der Waals surface area (Å²) in [5.41, 5.74) is 0.519. The van der Waals surface area contributed by atoms with Crippen LogP contribution >= 0.6 is 0 Å². The van der Waals surface area contributed by atoms with Gasteiger partial charge in [0.15, 0.2) is 0 Å². The van der Waals surface area contributed by atoms with Gasteiger partial charge in [-0.15, -0.1) is 0 Å². The second-order valence-corrected chi connectivity index (χ2v) is 8.63. The molecule has 1 aromatic carbocycles. The number of hydrogen-bond acceptors (Lipinski definition) is 4. The summed E-state index contributed by atoms with van der Waals surface area (Å²) < 4.78 is 14.0. The van der Waals surface area contributed by atoms with Crippen LogP contribution in [0.3, 0.4) is 0 Å². The fraction of sp³-hybridized carbons (Fsp3) is 0.478. The predicted molar refractivity (Wildman–Crippen MR) is 110 cm³/mol. The Morgan fingerprint density at radius 2 is 1.83 bits per heavy atom. The Kier molecular flexibility index (Phi) is 5.54. The van der Waals surface area contributed by atoms with Crippen LogP contribution in [0.4, 0.5) is 4.39 Å². The summed E-state index contributed by atoms with van der Waals surface area (Å²) in [5.74, 6) is 0.297. The molecule has 2 amide bonds. The molecule has 158 valence electrons. The maximum atomic E-state index is 14.0. The van der Waals surface area contributed by atoms with Crippen molar-refractivity contribution in [2.45, 2.75) is 39.0 Å². The molecule has 0 radical (unpaired) electrons. The molecule has 2 aliphatic rings. The smallest absolute Gasteiger partial charge is 0.256 e. The van der Waals surface area contributed by atoms with Gasteiger partial charge < -0.3 is 9.80 Å². The molecule has 1 atom stereocenters. The third-order valence-electron chi connectivity index (χ3n) is 6.43. The lowest BCUT2D eigenvalue weighted by Crippen LogP contribution is -2.49. The molecule has 0 unspecified atom stereocenters. The Labute approximate surface area is 176 Å². The molecule has 1 aromatic heterocycles. The van der Waals surface area contributed by atoms with E-state index >= 15 is 0 Å². The summed E-state index contributed by atoms with van der Waals surface area (Å²) in [6, 6.07) is 7.92. The molecule has 30 heavy (non-hydrogen) atoms. The van der Waals surface area contributed by atoms with Crippen molar-refractivity contribution in [2.75, 3.05) is 26.2 Å². The molecule has 3 heterocycles. The minimum absolute atomic E-state index is 0.0907. The van der Waals surface area contributed by atoms with E-state index in [-0.39, 0.29) is 23.3 Å². The minimum Gasteiger partial charge on any atom is -0.341 e. The van der Waals surface area contributed by atoms with Crippen molar-refractivity contribution in [3.63, 3.8) is 0 Å². The van der Waals surface area contributed by atoms with Crippen molar-refractivity contribution in [2.24, 2.45) is 5.41 Å². The quantitative estimate of drug-likeness (QED) is 0.780. The molecule has 2 fully saturated rings. The lowest BCUT2D eigenvalue weighted by molar-refractivity contribution is -0.142. The van der Waals surface area contributed by atoms with Crippen LogP contribution in [0.2, 0.25) is 0 Å². The zero-order valence-corrected chi connectivity index (χ0v) is 17.5. The first kappa shape index (κ1) is 20.4. The molecule has 0 spiro atoms. The van der Waals surface area contributed by atoms with Crippen LogP contribution in [-0.4, -0.2) is 57.8 Å². The maximum Gasteiger partial charge on any atom is 0.256 e. The first-order valence-corrected chi connectivity index (χ1v) is 10.5. The van der Waals surface area contributed by atoms with Crippen LogP contribution in [0, 0.1) is 18.2 Å². The minimum atomic E-state index is -0.506. The highest BCUT2D eigenvalue weighted by molar-refractivity contribution is 5.94. The summed E-state index contributed by atoms with van der Waals surface area (Å²) in [6.07, 6.45) is 3.79. The van der Waals surface area contributed by atoms with Gasteiger partial charge in [0.2, 0.25) is 5.91 Å². The summed E-state index contributed by atoms with van der Waals surface area (Å²) in [7, 11) is 0. The van der Waals surface area contributed by atoms with E-state index in [2.05, 4.69) is 9.97 Å². The number of piperidine rings is 1. The molecule has 0 saturated carbocycles. The first-order chi connectivity index (χ1) is 14.4. The Hall–Kier alpha value is -2.83. The number of nitrogens with zero attached hydrogens (tertiary/aromatic N) is 4. The molecule has 4 rings (SSSR count). The molecule has 0 aliphatic carbocycles. The Morgan fingerprint density at radius 1 is 1.10 bits per heavy atom. The number of likely N-dealkylation sites (tertiary alicyclic amines) is 2.